The lowest BCUT2D eigenvalue weighted by Gasteiger charge is -2.27. The number of hydrogen-bond donors (Lipinski definition) is 1. The highest BCUT2D eigenvalue weighted by Crippen LogP contribution is 2.24. The Kier molecular flexibility index (Phi) is 3.31. The Bertz CT molecular complexity index is 475. The van der Waals surface area contributed by atoms with Crippen LogP contribution >= 0.6 is 11.6 Å². The number of rotatable bonds is 2. The van der Waals surface area contributed by atoms with Gasteiger partial charge in [0.1, 0.15) is 6.61 Å². The van der Waals surface area contributed by atoms with Crippen LogP contribution in [0.5, 0.6) is 0 Å². The van der Waals surface area contributed by atoms with E-state index in [0.717, 1.165) is 0 Å². The molecule has 5 nitrogen and oxygen atoms in total. The molecule has 0 aromatic heterocycles. The third kappa shape index (κ3) is 2.40. The van der Waals surface area contributed by atoms with Gasteiger partial charge in [-0.25, -0.2) is 4.79 Å². The van der Waals surface area contributed by atoms with Crippen molar-refractivity contribution in [2.24, 2.45) is 0 Å². The predicted molar refractivity (Wildman–Crippen MR) is 61.6 cm³/mol. The van der Waals surface area contributed by atoms with E-state index in [0.29, 0.717) is 18.8 Å². The van der Waals surface area contributed by atoms with Crippen LogP contribution in [0, 0.1) is 0 Å². The van der Waals surface area contributed by atoms with Crippen LogP contribution in [0.25, 0.3) is 0 Å². The van der Waals surface area contributed by atoms with Gasteiger partial charge in [0.15, 0.2) is 0 Å². The summed E-state index contributed by atoms with van der Waals surface area (Å²) in [5.41, 5.74) is 0.615. The smallest absolute Gasteiger partial charge is 0.337 e. The third-order valence-corrected chi connectivity index (χ3v) is 2.79. The molecule has 0 spiro atoms. The van der Waals surface area contributed by atoms with Crippen LogP contribution in [0.2, 0.25) is 5.02 Å². The highest BCUT2D eigenvalue weighted by Gasteiger charge is 2.21. The third-order valence-electron chi connectivity index (χ3n) is 2.48. The van der Waals surface area contributed by atoms with Gasteiger partial charge < -0.3 is 14.7 Å². The maximum atomic E-state index is 11.6. The molecule has 2 rings (SSSR count). The van der Waals surface area contributed by atoms with Crippen molar-refractivity contribution < 1.29 is 19.4 Å². The van der Waals surface area contributed by atoms with Gasteiger partial charge in [-0.1, -0.05) is 11.6 Å². The summed E-state index contributed by atoms with van der Waals surface area (Å²) in [5.74, 6) is -1.25. The van der Waals surface area contributed by atoms with E-state index in [1.165, 1.54) is 17.0 Å². The van der Waals surface area contributed by atoms with Gasteiger partial charge in [-0.3, -0.25) is 4.79 Å². The lowest BCUT2D eigenvalue weighted by molar-refractivity contribution is -0.125. The van der Waals surface area contributed by atoms with Crippen molar-refractivity contribution in [2.75, 3.05) is 24.7 Å². The lowest BCUT2D eigenvalue weighted by Crippen LogP contribution is -2.41. The number of morpholine rings is 1. The van der Waals surface area contributed by atoms with E-state index >= 15 is 0 Å². The molecule has 1 aliphatic heterocycles. The van der Waals surface area contributed by atoms with Gasteiger partial charge in [-0.2, -0.15) is 0 Å². The normalized spacial score (nSPS) is 16.1. The number of halogens is 1. The molecule has 0 atom stereocenters. The fourth-order valence-corrected chi connectivity index (χ4v) is 1.89. The molecule has 1 fully saturated rings. The zero-order valence-electron chi connectivity index (χ0n) is 8.85. The topological polar surface area (TPSA) is 66.8 Å². The number of ether oxygens (including phenoxy) is 1. The lowest BCUT2D eigenvalue weighted by atomic mass is 10.2. The number of amides is 1. The minimum Gasteiger partial charge on any atom is -0.478 e. The average Bonchev–Trinajstić information content (AvgIpc) is 2.29. The molecule has 90 valence electrons. The number of nitrogens with zero attached hydrogens (tertiary/aromatic N) is 1. The highest BCUT2D eigenvalue weighted by atomic mass is 35.5. The first-order valence-electron chi connectivity index (χ1n) is 5.00. The second kappa shape index (κ2) is 4.73. The molecule has 6 heteroatoms. The Morgan fingerprint density at radius 1 is 1.47 bits per heavy atom. The number of carbonyl (C=O) groups is 2. The van der Waals surface area contributed by atoms with Crippen LogP contribution in [0.3, 0.4) is 0 Å². The van der Waals surface area contributed by atoms with Gasteiger partial charge in [-0.15, -0.1) is 0 Å². The maximum Gasteiger partial charge on any atom is 0.337 e. The number of benzene rings is 1. The molecular weight excluding hydrogens is 246 g/mol. The minimum atomic E-state index is -1.09. The van der Waals surface area contributed by atoms with Crippen LogP contribution in [-0.4, -0.2) is 36.7 Å². The SMILES string of the molecule is O=C(O)c1ccc(N2CCOCC2=O)cc1Cl. The summed E-state index contributed by atoms with van der Waals surface area (Å²) in [6, 6.07) is 4.44. The standard InChI is InChI=1S/C11H10ClNO4/c12-9-5-7(1-2-8(9)11(15)16)13-3-4-17-6-10(13)14/h1-2,5H,3-4,6H2,(H,15,16). The number of carboxylic acid groups (broad SMARTS) is 1. The van der Waals surface area contributed by atoms with Crippen molar-refractivity contribution in [3.8, 4) is 0 Å². The summed E-state index contributed by atoms with van der Waals surface area (Å²) in [6.45, 7) is 0.948. The van der Waals surface area contributed by atoms with Crippen molar-refractivity contribution >= 4 is 29.2 Å². The zero-order valence-corrected chi connectivity index (χ0v) is 9.61. The number of carboxylic acids is 1. The van der Waals surface area contributed by atoms with Crippen LogP contribution < -0.4 is 4.90 Å². The van der Waals surface area contributed by atoms with Gasteiger partial charge in [0.2, 0.25) is 0 Å². The fourth-order valence-electron chi connectivity index (χ4n) is 1.64. The van der Waals surface area contributed by atoms with Crippen molar-refractivity contribution in [2.45, 2.75) is 0 Å². The maximum absolute atomic E-state index is 11.6. The van der Waals surface area contributed by atoms with Gasteiger partial charge in [0, 0.05) is 12.2 Å². The van der Waals surface area contributed by atoms with Crippen molar-refractivity contribution in [3.05, 3.63) is 28.8 Å². The summed E-state index contributed by atoms with van der Waals surface area (Å²) >= 11 is 5.84. The molecule has 0 radical (unpaired) electrons. The van der Waals surface area contributed by atoms with E-state index in [-0.39, 0.29) is 23.1 Å². The summed E-state index contributed by atoms with van der Waals surface area (Å²) in [4.78, 5) is 23.9. The molecule has 1 aromatic rings. The van der Waals surface area contributed by atoms with E-state index < -0.39 is 5.97 Å². The van der Waals surface area contributed by atoms with Crippen molar-refractivity contribution in [3.63, 3.8) is 0 Å². The molecule has 1 saturated heterocycles. The number of carbonyl (C=O) groups excluding carboxylic acids is 1. The fraction of sp³-hybridized carbons (Fsp3) is 0.273. The predicted octanol–water partition coefficient (Wildman–Crippen LogP) is 1.40. The quantitative estimate of drug-likeness (QED) is 0.868. The van der Waals surface area contributed by atoms with Crippen LogP contribution in [0.1, 0.15) is 10.4 Å². The van der Waals surface area contributed by atoms with Crippen molar-refractivity contribution in [1.29, 1.82) is 0 Å². The van der Waals surface area contributed by atoms with Crippen LogP contribution in [0.15, 0.2) is 18.2 Å². The van der Waals surface area contributed by atoms with E-state index in [2.05, 4.69) is 0 Å². The van der Waals surface area contributed by atoms with Crippen LogP contribution in [-0.2, 0) is 9.53 Å². The summed E-state index contributed by atoms with van der Waals surface area (Å²) < 4.78 is 5.01. The Balaban J connectivity index is 2.30. The second-order valence-electron chi connectivity index (χ2n) is 3.57. The minimum absolute atomic E-state index is 0.0242. The van der Waals surface area contributed by atoms with Crippen LogP contribution in [0.4, 0.5) is 5.69 Å². The Morgan fingerprint density at radius 2 is 2.24 bits per heavy atom. The molecule has 0 unspecified atom stereocenters. The Labute approximate surface area is 103 Å². The summed E-state index contributed by atoms with van der Waals surface area (Å²) in [5, 5.41) is 8.95. The Hall–Kier alpha value is -1.59. The molecule has 0 aliphatic carbocycles. The first-order valence-corrected chi connectivity index (χ1v) is 5.38. The zero-order chi connectivity index (χ0) is 12.4. The molecule has 1 N–H and O–H groups in total. The first kappa shape index (κ1) is 11.9. The summed E-state index contributed by atoms with van der Waals surface area (Å²) in [7, 11) is 0. The number of anilines is 1. The molecule has 17 heavy (non-hydrogen) atoms. The van der Waals surface area contributed by atoms with E-state index in [9.17, 15) is 9.59 Å². The highest BCUT2D eigenvalue weighted by molar-refractivity contribution is 6.33. The van der Waals surface area contributed by atoms with E-state index in [4.69, 9.17) is 21.4 Å². The summed E-state index contributed by atoms with van der Waals surface area (Å²) in [6.07, 6.45) is 0. The van der Waals surface area contributed by atoms with E-state index in [1.54, 1.807) is 6.07 Å². The molecule has 1 aliphatic rings. The monoisotopic (exact) mass is 255 g/mol. The van der Waals surface area contributed by atoms with E-state index in [1.807, 2.05) is 0 Å². The van der Waals surface area contributed by atoms with Gasteiger partial charge in [-0.05, 0) is 18.2 Å². The average molecular weight is 256 g/mol. The molecule has 1 amide bonds. The van der Waals surface area contributed by atoms with Gasteiger partial charge >= 0.3 is 5.97 Å². The Morgan fingerprint density at radius 3 is 2.82 bits per heavy atom. The molecule has 0 saturated carbocycles. The first-order chi connectivity index (χ1) is 8.09. The molecule has 0 bridgehead atoms. The molecule has 1 heterocycles. The number of hydrogen-bond acceptors (Lipinski definition) is 3. The van der Waals surface area contributed by atoms with Gasteiger partial charge in [0.25, 0.3) is 5.91 Å². The molecule has 1 aromatic carbocycles. The van der Waals surface area contributed by atoms with Gasteiger partial charge in [0.05, 0.1) is 17.2 Å². The van der Waals surface area contributed by atoms with Crippen molar-refractivity contribution in [1.82, 2.24) is 0 Å². The number of aromatic carboxylic acids is 1. The largest absolute Gasteiger partial charge is 0.478 e. The second-order valence-corrected chi connectivity index (χ2v) is 3.97. The molecular formula is C11H10ClNO4.